The van der Waals surface area contributed by atoms with Crippen molar-refractivity contribution in [2.75, 3.05) is 12.4 Å². The number of benzene rings is 1. The Morgan fingerprint density at radius 1 is 1.06 bits per heavy atom. The zero-order valence-electron chi connectivity index (χ0n) is 16.9. The lowest BCUT2D eigenvalue weighted by Gasteiger charge is -2.17. The molecule has 31 heavy (non-hydrogen) atoms. The van der Waals surface area contributed by atoms with Gasteiger partial charge in [-0.15, -0.1) is 0 Å². The van der Waals surface area contributed by atoms with Crippen LogP contribution in [0.1, 0.15) is 29.0 Å². The van der Waals surface area contributed by atoms with Gasteiger partial charge >= 0.3 is 5.97 Å². The molecule has 1 N–H and O–H groups in total. The fourth-order valence-electron chi connectivity index (χ4n) is 3.10. The van der Waals surface area contributed by atoms with Crippen molar-refractivity contribution in [3.8, 4) is 11.6 Å². The second kappa shape index (κ2) is 8.74. The Balaban J connectivity index is 1.65. The Bertz CT molecular complexity index is 1230. The van der Waals surface area contributed by atoms with Gasteiger partial charge in [0.15, 0.2) is 0 Å². The first kappa shape index (κ1) is 20.2. The summed E-state index contributed by atoms with van der Waals surface area (Å²) < 4.78 is 24.1. The minimum atomic E-state index is -0.444. The van der Waals surface area contributed by atoms with Gasteiger partial charge in [0, 0.05) is 24.7 Å². The highest BCUT2D eigenvalue weighted by Crippen LogP contribution is 2.33. The zero-order chi connectivity index (χ0) is 21.8. The molecular formula is C23H19FN4O3. The van der Waals surface area contributed by atoms with Crippen LogP contribution in [0.4, 0.5) is 10.2 Å². The molecule has 1 unspecified atom stereocenters. The summed E-state index contributed by atoms with van der Waals surface area (Å²) in [5, 5.41) is 4.84. The standard InChI is InChI=1S/C23H19FN4O3/c1-14(19-7-6-16(13-27-19)23(29)30-2)28-21-20-15(8-10-25-21)9-11-26-22(20)31-18-5-3-4-17(24)12-18/h3-14H,1-2H3,(H,25,28). The monoisotopic (exact) mass is 418 g/mol. The van der Waals surface area contributed by atoms with Gasteiger partial charge in [0.25, 0.3) is 0 Å². The molecule has 0 radical (unpaired) electrons. The third-order valence-corrected chi connectivity index (χ3v) is 4.66. The van der Waals surface area contributed by atoms with Gasteiger partial charge in [0.1, 0.15) is 17.4 Å². The van der Waals surface area contributed by atoms with Crippen LogP contribution in [0.25, 0.3) is 10.8 Å². The van der Waals surface area contributed by atoms with Crippen LogP contribution < -0.4 is 10.1 Å². The van der Waals surface area contributed by atoms with E-state index in [0.717, 1.165) is 5.39 Å². The van der Waals surface area contributed by atoms with Gasteiger partial charge in [0.05, 0.1) is 29.8 Å². The lowest BCUT2D eigenvalue weighted by Crippen LogP contribution is -2.11. The lowest BCUT2D eigenvalue weighted by atomic mass is 10.1. The minimum Gasteiger partial charge on any atom is -0.465 e. The quantitative estimate of drug-likeness (QED) is 0.445. The van der Waals surface area contributed by atoms with Crippen LogP contribution in [-0.2, 0) is 4.74 Å². The number of halogens is 1. The largest absolute Gasteiger partial charge is 0.465 e. The number of aromatic nitrogens is 3. The molecule has 0 saturated carbocycles. The molecule has 0 aliphatic carbocycles. The summed E-state index contributed by atoms with van der Waals surface area (Å²) in [5.41, 5.74) is 1.08. The number of methoxy groups -OCH3 is 1. The maximum absolute atomic E-state index is 13.6. The second-order valence-corrected chi connectivity index (χ2v) is 6.76. The van der Waals surface area contributed by atoms with E-state index in [4.69, 9.17) is 9.47 Å². The summed E-state index contributed by atoms with van der Waals surface area (Å²) in [7, 11) is 1.32. The fourth-order valence-corrected chi connectivity index (χ4v) is 3.10. The van der Waals surface area contributed by atoms with Gasteiger partial charge in [-0.2, -0.15) is 0 Å². The number of carbonyl (C=O) groups excluding carboxylic acids is 1. The van der Waals surface area contributed by atoms with E-state index in [0.29, 0.717) is 34.1 Å². The summed E-state index contributed by atoms with van der Waals surface area (Å²) in [5.74, 6) is 0.344. The van der Waals surface area contributed by atoms with Crippen molar-refractivity contribution in [2.24, 2.45) is 0 Å². The zero-order valence-corrected chi connectivity index (χ0v) is 16.9. The van der Waals surface area contributed by atoms with Crippen molar-refractivity contribution >= 4 is 22.6 Å². The molecule has 0 saturated heterocycles. The third-order valence-electron chi connectivity index (χ3n) is 4.66. The minimum absolute atomic E-state index is 0.230. The van der Waals surface area contributed by atoms with E-state index in [2.05, 4.69) is 20.3 Å². The predicted molar refractivity (Wildman–Crippen MR) is 114 cm³/mol. The van der Waals surface area contributed by atoms with E-state index in [1.807, 2.05) is 19.1 Å². The number of hydrogen-bond donors (Lipinski definition) is 1. The average Bonchev–Trinajstić information content (AvgIpc) is 2.79. The average molecular weight is 418 g/mol. The highest BCUT2D eigenvalue weighted by atomic mass is 19.1. The van der Waals surface area contributed by atoms with E-state index in [1.54, 1.807) is 36.7 Å². The molecule has 3 aromatic heterocycles. The van der Waals surface area contributed by atoms with E-state index in [-0.39, 0.29) is 6.04 Å². The molecule has 0 fully saturated rings. The van der Waals surface area contributed by atoms with Crippen LogP contribution in [0.3, 0.4) is 0 Å². The maximum atomic E-state index is 13.6. The number of anilines is 1. The number of nitrogens with zero attached hydrogens (tertiary/aromatic N) is 3. The topological polar surface area (TPSA) is 86.2 Å². The highest BCUT2D eigenvalue weighted by Gasteiger charge is 2.16. The summed E-state index contributed by atoms with van der Waals surface area (Å²) in [6.45, 7) is 1.92. The van der Waals surface area contributed by atoms with Crippen molar-refractivity contribution in [3.63, 3.8) is 0 Å². The molecule has 0 spiro atoms. The van der Waals surface area contributed by atoms with E-state index >= 15 is 0 Å². The van der Waals surface area contributed by atoms with Gasteiger partial charge in [-0.1, -0.05) is 6.07 Å². The van der Waals surface area contributed by atoms with Gasteiger partial charge in [-0.25, -0.2) is 19.2 Å². The molecule has 8 heteroatoms. The molecule has 3 heterocycles. The Morgan fingerprint density at radius 2 is 1.87 bits per heavy atom. The van der Waals surface area contributed by atoms with Gasteiger partial charge < -0.3 is 14.8 Å². The summed E-state index contributed by atoms with van der Waals surface area (Å²) >= 11 is 0. The van der Waals surface area contributed by atoms with E-state index in [9.17, 15) is 9.18 Å². The maximum Gasteiger partial charge on any atom is 0.339 e. The van der Waals surface area contributed by atoms with Crippen molar-refractivity contribution < 1.29 is 18.7 Å². The smallest absolute Gasteiger partial charge is 0.339 e. The fraction of sp³-hybridized carbons (Fsp3) is 0.130. The van der Waals surface area contributed by atoms with Gasteiger partial charge in [0.2, 0.25) is 5.88 Å². The molecule has 1 atom stereocenters. The number of ether oxygens (including phenoxy) is 2. The van der Waals surface area contributed by atoms with E-state index in [1.165, 1.54) is 25.4 Å². The first-order chi connectivity index (χ1) is 15.0. The molecule has 4 rings (SSSR count). The number of fused-ring (bicyclic) bond motifs is 1. The normalized spacial score (nSPS) is 11.7. The molecule has 4 aromatic rings. The molecule has 0 aliphatic heterocycles. The van der Waals surface area contributed by atoms with Crippen LogP contribution in [0.15, 0.2) is 67.1 Å². The number of carbonyl (C=O) groups is 1. The van der Waals surface area contributed by atoms with Crippen LogP contribution in [0.2, 0.25) is 0 Å². The Morgan fingerprint density at radius 3 is 2.58 bits per heavy atom. The molecular weight excluding hydrogens is 399 g/mol. The molecule has 7 nitrogen and oxygen atoms in total. The lowest BCUT2D eigenvalue weighted by molar-refractivity contribution is 0.0600. The van der Waals surface area contributed by atoms with Gasteiger partial charge in [-0.3, -0.25) is 4.98 Å². The molecule has 0 bridgehead atoms. The number of esters is 1. The van der Waals surface area contributed by atoms with Crippen molar-refractivity contribution in [1.29, 1.82) is 0 Å². The first-order valence-electron chi connectivity index (χ1n) is 9.53. The molecule has 0 amide bonds. The molecule has 0 aliphatic rings. The van der Waals surface area contributed by atoms with Crippen LogP contribution >= 0.6 is 0 Å². The van der Waals surface area contributed by atoms with Crippen LogP contribution in [0, 0.1) is 5.82 Å². The number of hydrogen-bond acceptors (Lipinski definition) is 7. The Labute approximate surface area is 177 Å². The SMILES string of the molecule is COC(=O)c1ccc(C(C)Nc2nccc3ccnc(Oc4cccc(F)c4)c23)nc1. The summed E-state index contributed by atoms with van der Waals surface area (Å²) in [6, 6.07) is 12.7. The van der Waals surface area contributed by atoms with Crippen molar-refractivity contribution in [2.45, 2.75) is 13.0 Å². The summed E-state index contributed by atoms with van der Waals surface area (Å²) in [4.78, 5) is 24.7. The summed E-state index contributed by atoms with van der Waals surface area (Å²) in [6.07, 6.45) is 4.77. The number of pyridine rings is 3. The molecule has 156 valence electrons. The number of nitrogens with one attached hydrogen (secondary N) is 1. The van der Waals surface area contributed by atoms with Crippen molar-refractivity contribution in [1.82, 2.24) is 15.0 Å². The third kappa shape index (κ3) is 4.42. The van der Waals surface area contributed by atoms with Crippen LogP contribution in [0.5, 0.6) is 11.6 Å². The Hall–Kier alpha value is -4.07. The first-order valence-corrected chi connectivity index (χ1v) is 9.53. The number of rotatable bonds is 6. The van der Waals surface area contributed by atoms with Crippen molar-refractivity contribution in [3.05, 3.63) is 84.2 Å². The van der Waals surface area contributed by atoms with E-state index < -0.39 is 11.8 Å². The predicted octanol–water partition coefficient (Wildman–Crippen LogP) is 4.92. The Kier molecular flexibility index (Phi) is 5.70. The second-order valence-electron chi connectivity index (χ2n) is 6.76. The van der Waals surface area contributed by atoms with Crippen LogP contribution in [-0.4, -0.2) is 28.0 Å². The molecule has 1 aromatic carbocycles. The van der Waals surface area contributed by atoms with Gasteiger partial charge in [-0.05, 0) is 48.7 Å². The highest BCUT2D eigenvalue weighted by molar-refractivity contribution is 5.96.